The second kappa shape index (κ2) is 13.2. The fourth-order valence-corrected chi connectivity index (χ4v) is 9.93. The van der Waals surface area contributed by atoms with E-state index in [0.717, 1.165) is 55.8 Å². The van der Waals surface area contributed by atoms with E-state index < -0.39 is 0 Å². The molecule has 2 heterocycles. The van der Waals surface area contributed by atoms with Crippen LogP contribution in [-0.4, -0.2) is 4.57 Å². The Balaban J connectivity index is 1.05. The minimum absolute atomic E-state index is 0.0558. The summed E-state index contributed by atoms with van der Waals surface area (Å²) in [6, 6.07) is 74.8. The van der Waals surface area contributed by atoms with Gasteiger partial charge in [0.15, 0.2) is 0 Å². The van der Waals surface area contributed by atoms with E-state index in [0.29, 0.717) is 0 Å². The van der Waals surface area contributed by atoms with Gasteiger partial charge in [-0.3, -0.25) is 0 Å². The Morgan fingerprint density at radius 2 is 0.983 bits per heavy atom. The van der Waals surface area contributed by atoms with Gasteiger partial charge in [0.1, 0.15) is 11.2 Å². The maximum absolute atomic E-state index is 6.84. The lowest BCUT2D eigenvalue weighted by molar-refractivity contribution is 0.660. The number of benzene rings is 9. The van der Waals surface area contributed by atoms with Crippen LogP contribution in [0.2, 0.25) is 0 Å². The van der Waals surface area contributed by atoms with E-state index in [4.69, 9.17) is 4.42 Å². The molecule has 0 bridgehead atoms. The summed E-state index contributed by atoms with van der Waals surface area (Å²) >= 11 is 0. The molecule has 0 radical (unpaired) electrons. The van der Waals surface area contributed by atoms with Crippen molar-refractivity contribution in [3.63, 3.8) is 0 Å². The van der Waals surface area contributed by atoms with Gasteiger partial charge in [0.2, 0.25) is 0 Å². The van der Waals surface area contributed by atoms with Crippen LogP contribution in [-0.2, 0) is 5.41 Å². The SMILES string of the molecule is CC1(C)c2ccccc2-c2ccc(-c3ccc(N(c4ccccc4)c4cc(-c5ccccc5-n5c6ccccc6c6ccccc65)c5oc6ccccc6c5c4)cc3)cc21. The summed E-state index contributed by atoms with van der Waals surface area (Å²) in [6.45, 7) is 4.69. The Morgan fingerprint density at radius 1 is 0.400 bits per heavy atom. The molecule has 2 aromatic heterocycles. The fourth-order valence-electron chi connectivity index (χ4n) is 9.93. The van der Waals surface area contributed by atoms with Gasteiger partial charge in [-0.05, 0) is 100 Å². The molecule has 11 aromatic rings. The molecule has 12 rings (SSSR count). The number of rotatable bonds is 6. The Morgan fingerprint density at radius 3 is 1.75 bits per heavy atom. The average Bonchev–Trinajstić information content (AvgIpc) is 3.92. The van der Waals surface area contributed by atoms with Crippen LogP contribution in [0.25, 0.3) is 82.8 Å². The summed E-state index contributed by atoms with van der Waals surface area (Å²) in [6.07, 6.45) is 0. The first-order chi connectivity index (χ1) is 29.5. The van der Waals surface area contributed by atoms with Crippen molar-refractivity contribution >= 4 is 60.8 Å². The maximum atomic E-state index is 6.84. The summed E-state index contributed by atoms with van der Waals surface area (Å²) in [5.74, 6) is 0. The van der Waals surface area contributed by atoms with Gasteiger partial charge in [-0.1, -0.05) is 153 Å². The van der Waals surface area contributed by atoms with Crippen molar-refractivity contribution < 1.29 is 4.42 Å². The molecule has 0 unspecified atom stereocenters. The first-order valence-corrected chi connectivity index (χ1v) is 20.8. The average molecular weight is 769 g/mol. The van der Waals surface area contributed by atoms with Crippen LogP contribution in [0, 0.1) is 0 Å². The summed E-state index contributed by atoms with van der Waals surface area (Å²) in [5.41, 5.74) is 18.4. The Bertz CT molecular complexity index is 3410. The predicted molar refractivity (Wildman–Crippen MR) is 251 cm³/mol. The standard InChI is InChI=1S/C57H40N2O/c1-57(2)50-23-11-6-18-42(50)43-33-30-38(34-51(43)57)37-28-31-40(32-29-37)58(39-16-4-3-5-17-39)41-35-48(56-49(36-41)47-22-10-15-27-55(47)60-56)46-21-9-14-26-54(46)59-52-24-12-7-19-44(52)45-20-8-13-25-53(45)59/h3-36H,1-2H3. The Hall–Kier alpha value is -7.62. The van der Waals surface area contributed by atoms with Crippen molar-refractivity contribution in [1.29, 1.82) is 0 Å². The van der Waals surface area contributed by atoms with Crippen LogP contribution >= 0.6 is 0 Å². The molecule has 0 spiro atoms. The lowest BCUT2D eigenvalue weighted by Gasteiger charge is -2.27. The fraction of sp³-hybridized carbons (Fsp3) is 0.0526. The molecule has 60 heavy (non-hydrogen) atoms. The first kappa shape index (κ1) is 34.4. The van der Waals surface area contributed by atoms with E-state index in [1.165, 1.54) is 55.2 Å². The van der Waals surface area contributed by atoms with E-state index in [1.807, 2.05) is 0 Å². The van der Waals surface area contributed by atoms with Gasteiger partial charge in [0.25, 0.3) is 0 Å². The highest BCUT2D eigenvalue weighted by atomic mass is 16.3. The molecule has 0 saturated heterocycles. The molecule has 0 amide bonds. The molecular weight excluding hydrogens is 729 g/mol. The topological polar surface area (TPSA) is 21.3 Å². The lowest BCUT2D eigenvalue weighted by atomic mass is 9.81. The minimum atomic E-state index is -0.0558. The zero-order valence-corrected chi connectivity index (χ0v) is 33.4. The van der Waals surface area contributed by atoms with Gasteiger partial charge in [-0.25, -0.2) is 0 Å². The maximum Gasteiger partial charge on any atom is 0.143 e. The Kier molecular flexibility index (Phi) is 7.58. The van der Waals surface area contributed by atoms with Crippen molar-refractivity contribution in [3.05, 3.63) is 217 Å². The second-order valence-corrected chi connectivity index (χ2v) is 16.5. The predicted octanol–water partition coefficient (Wildman–Crippen LogP) is 15.8. The third-order valence-electron chi connectivity index (χ3n) is 12.8. The summed E-state index contributed by atoms with van der Waals surface area (Å²) < 4.78 is 9.25. The quantitative estimate of drug-likeness (QED) is 0.168. The molecule has 9 aromatic carbocycles. The molecule has 3 heteroatoms. The van der Waals surface area contributed by atoms with Gasteiger partial charge in [-0.2, -0.15) is 0 Å². The van der Waals surface area contributed by atoms with Gasteiger partial charge in [0, 0.05) is 55.1 Å². The number of furan rings is 1. The zero-order valence-electron chi connectivity index (χ0n) is 33.4. The van der Waals surface area contributed by atoms with Crippen LogP contribution in [0.1, 0.15) is 25.0 Å². The third kappa shape index (κ3) is 5.15. The number of anilines is 3. The molecule has 0 atom stereocenters. The number of nitrogens with zero attached hydrogens (tertiary/aromatic N) is 2. The molecule has 0 N–H and O–H groups in total. The Labute approximate surface area is 349 Å². The highest BCUT2D eigenvalue weighted by molar-refractivity contribution is 6.13. The van der Waals surface area contributed by atoms with Crippen molar-refractivity contribution in [2.75, 3.05) is 4.90 Å². The van der Waals surface area contributed by atoms with Crippen molar-refractivity contribution in [2.45, 2.75) is 19.3 Å². The van der Waals surface area contributed by atoms with Gasteiger partial charge >= 0.3 is 0 Å². The smallest absolute Gasteiger partial charge is 0.143 e. The molecule has 0 saturated carbocycles. The van der Waals surface area contributed by atoms with E-state index in [9.17, 15) is 0 Å². The number of hydrogen-bond donors (Lipinski definition) is 0. The van der Waals surface area contributed by atoms with Crippen molar-refractivity contribution in [1.82, 2.24) is 4.57 Å². The normalized spacial score (nSPS) is 13.0. The molecule has 1 aliphatic rings. The number of fused-ring (bicyclic) bond motifs is 9. The van der Waals surface area contributed by atoms with E-state index in [1.54, 1.807) is 0 Å². The van der Waals surface area contributed by atoms with Crippen LogP contribution in [0.4, 0.5) is 17.1 Å². The van der Waals surface area contributed by atoms with Crippen molar-refractivity contribution in [2.24, 2.45) is 0 Å². The largest absolute Gasteiger partial charge is 0.455 e. The summed E-state index contributed by atoms with van der Waals surface area (Å²) in [7, 11) is 0. The number of para-hydroxylation sites is 5. The van der Waals surface area contributed by atoms with E-state index >= 15 is 0 Å². The van der Waals surface area contributed by atoms with Crippen LogP contribution in [0.15, 0.2) is 211 Å². The minimum Gasteiger partial charge on any atom is -0.455 e. The van der Waals surface area contributed by atoms with Crippen LogP contribution < -0.4 is 4.90 Å². The summed E-state index contributed by atoms with van der Waals surface area (Å²) in [5, 5.41) is 4.64. The van der Waals surface area contributed by atoms with Gasteiger partial charge < -0.3 is 13.9 Å². The molecule has 0 aliphatic heterocycles. The monoisotopic (exact) mass is 768 g/mol. The van der Waals surface area contributed by atoms with E-state index in [2.05, 4.69) is 230 Å². The lowest BCUT2D eigenvalue weighted by Crippen LogP contribution is -2.14. The molecule has 3 nitrogen and oxygen atoms in total. The second-order valence-electron chi connectivity index (χ2n) is 16.5. The number of aromatic nitrogens is 1. The molecule has 1 aliphatic carbocycles. The zero-order chi connectivity index (χ0) is 40.0. The van der Waals surface area contributed by atoms with Crippen molar-refractivity contribution in [3.8, 4) is 39.1 Å². The molecule has 0 fully saturated rings. The summed E-state index contributed by atoms with van der Waals surface area (Å²) in [4.78, 5) is 2.38. The third-order valence-corrected chi connectivity index (χ3v) is 12.8. The van der Waals surface area contributed by atoms with Gasteiger partial charge in [0.05, 0.1) is 16.7 Å². The number of hydrogen-bond acceptors (Lipinski definition) is 2. The highest BCUT2D eigenvalue weighted by Crippen LogP contribution is 2.50. The van der Waals surface area contributed by atoms with Gasteiger partial charge in [-0.15, -0.1) is 0 Å². The van der Waals surface area contributed by atoms with Crippen LogP contribution in [0.5, 0.6) is 0 Å². The first-order valence-electron chi connectivity index (χ1n) is 20.8. The molecule has 284 valence electrons. The highest BCUT2D eigenvalue weighted by Gasteiger charge is 2.35. The van der Waals surface area contributed by atoms with Crippen LogP contribution in [0.3, 0.4) is 0 Å². The van der Waals surface area contributed by atoms with E-state index in [-0.39, 0.29) is 5.41 Å². The molecular formula is C57H40N2O.